The summed E-state index contributed by atoms with van der Waals surface area (Å²) in [7, 11) is -1.48. The van der Waals surface area contributed by atoms with Gasteiger partial charge in [-0.1, -0.05) is 4.99 Å². The van der Waals surface area contributed by atoms with Gasteiger partial charge in [0.2, 0.25) is 10.0 Å². The van der Waals surface area contributed by atoms with E-state index in [-0.39, 0.29) is 29.2 Å². The summed E-state index contributed by atoms with van der Waals surface area (Å²) in [5, 5.41) is 0. The van der Waals surface area contributed by atoms with Crippen LogP contribution in [-0.4, -0.2) is 38.2 Å². The maximum atomic E-state index is 12.1. The number of aliphatic imine (C=N–C) groups is 1. The van der Waals surface area contributed by atoms with Gasteiger partial charge in [-0.3, -0.25) is 9.52 Å². The number of amidine groups is 1. The van der Waals surface area contributed by atoms with Gasteiger partial charge in [0.25, 0.3) is 0 Å². The molecule has 113 valence electrons. The Morgan fingerprint density at radius 1 is 1.29 bits per heavy atom. The van der Waals surface area contributed by atoms with Crippen molar-refractivity contribution in [1.29, 1.82) is 0 Å². The fourth-order valence-electron chi connectivity index (χ4n) is 1.75. The van der Waals surface area contributed by atoms with Crippen molar-refractivity contribution in [2.24, 2.45) is 0 Å². The van der Waals surface area contributed by atoms with Gasteiger partial charge in [0, 0.05) is 11.3 Å². The van der Waals surface area contributed by atoms with E-state index in [0.29, 0.717) is 17.1 Å². The molecule has 0 fully saturated rings. The third-order valence-corrected chi connectivity index (χ3v) is 3.36. The maximum Gasteiger partial charge on any atom is 0.306 e. The summed E-state index contributed by atoms with van der Waals surface area (Å²) in [6.07, 6.45) is 4.71. The number of benzene rings is 1. The molecule has 1 N–H and O–H groups in total. The van der Waals surface area contributed by atoms with Crippen LogP contribution in [0, 0.1) is 0 Å². The molecule has 1 aromatic carbocycles. The van der Waals surface area contributed by atoms with Gasteiger partial charge in [0.05, 0.1) is 13.3 Å². The van der Waals surface area contributed by atoms with E-state index in [1.165, 1.54) is 0 Å². The van der Waals surface area contributed by atoms with Crippen molar-refractivity contribution < 1.29 is 30.2 Å². The van der Waals surface area contributed by atoms with Gasteiger partial charge < -0.3 is 17.0 Å². The molecule has 21 heavy (non-hydrogen) atoms. The third kappa shape index (κ3) is 4.98. The highest BCUT2D eigenvalue weighted by molar-refractivity contribution is 7.92. The normalized spacial score (nSPS) is 13.6. The Morgan fingerprint density at radius 2 is 1.90 bits per heavy atom. The van der Waals surface area contributed by atoms with Crippen LogP contribution in [0.1, 0.15) is 16.8 Å². The second-order valence-corrected chi connectivity index (χ2v) is 6.25. The number of carbonyl (C=O) groups is 1. The molecule has 0 bridgehead atoms. The molecular formula is C13H15BrN3O3S. The predicted molar refractivity (Wildman–Crippen MR) is 77.9 cm³/mol. The number of ketones is 1. The zero-order valence-electron chi connectivity index (χ0n) is 11.6. The second kappa shape index (κ2) is 6.86. The first-order valence-corrected chi connectivity index (χ1v) is 7.81. The van der Waals surface area contributed by atoms with Gasteiger partial charge in [0.15, 0.2) is 12.0 Å². The van der Waals surface area contributed by atoms with Crippen LogP contribution in [0.3, 0.4) is 0 Å². The van der Waals surface area contributed by atoms with Crippen LogP contribution in [0.2, 0.25) is 0 Å². The van der Waals surface area contributed by atoms with Crippen molar-refractivity contribution >= 4 is 27.3 Å². The first kappa shape index (κ1) is 17.4. The third-order valence-electron chi connectivity index (χ3n) is 2.75. The Balaban J connectivity index is 0.00000220. The van der Waals surface area contributed by atoms with Crippen LogP contribution in [0.15, 0.2) is 36.7 Å². The van der Waals surface area contributed by atoms with Crippen LogP contribution in [-0.2, 0) is 10.0 Å². The average molecular weight is 373 g/mol. The predicted octanol–water partition coefficient (Wildman–Crippen LogP) is -2.21. The SMILES string of the molecule is CN1C=C[N+]=C1CC(=O)c1ccc(NS(C)(=O)=O)cc1.[Br-]. The number of hydrogen-bond acceptors (Lipinski definition) is 5. The van der Waals surface area contributed by atoms with Crippen molar-refractivity contribution in [3.8, 4) is 0 Å². The minimum absolute atomic E-state index is 0. The van der Waals surface area contributed by atoms with Crippen molar-refractivity contribution in [2.75, 3.05) is 18.0 Å². The summed E-state index contributed by atoms with van der Waals surface area (Å²) < 4.78 is 24.5. The molecule has 0 atom stereocenters. The lowest BCUT2D eigenvalue weighted by Crippen LogP contribution is -3.00. The van der Waals surface area contributed by atoms with E-state index >= 15 is 0 Å². The topological polar surface area (TPSA) is 80.6 Å². The minimum atomic E-state index is -3.31. The highest BCUT2D eigenvalue weighted by Gasteiger charge is 2.23. The van der Waals surface area contributed by atoms with Crippen molar-refractivity contribution in [1.82, 2.24) is 9.89 Å². The Morgan fingerprint density at radius 3 is 2.38 bits per heavy atom. The highest BCUT2D eigenvalue weighted by Crippen LogP contribution is 2.13. The number of halogens is 1. The van der Waals surface area contributed by atoms with Crippen LogP contribution in [0.25, 0.3) is 0 Å². The Bertz CT molecular complexity index is 681. The number of hydrogen-bond donors (Lipinski definition) is 1. The van der Waals surface area contributed by atoms with Crippen molar-refractivity contribution in [2.45, 2.75) is 6.42 Å². The molecule has 0 saturated heterocycles. The highest BCUT2D eigenvalue weighted by atomic mass is 79.9. The molecule has 0 aromatic heterocycles. The number of carbonyl (C=O) groups excluding carboxylic acids is 1. The zero-order chi connectivity index (χ0) is 14.8. The van der Waals surface area contributed by atoms with Crippen LogP contribution < -0.4 is 26.7 Å². The molecule has 0 spiro atoms. The average Bonchev–Trinajstić information content (AvgIpc) is 2.74. The number of rotatable bonds is 5. The number of nitrogens with one attached hydrogen (secondary N) is 1. The van der Waals surface area contributed by atoms with E-state index in [1.807, 2.05) is 7.05 Å². The summed E-state index contributed by atoms with van der Waals surface area (Å²) in [4.78, 5) is 18.0. The summed E-state index contributed by atoms with van der Waals surface area (Å²) in [5.41, 5.74) is 0.952. The Kier molecular flexibility index (Phi) is 5.68. The maximum absolute atomic E-state index is 12.1. The van der Waals surface area contributed by atoms with Crippen LogP contribution in [0.4, 0.5) is 5.69 Å². The van der Waals surface area contributed by atoms with E-state index in [0.717, 1.165) is 6.26 Å². The van der Waals surface area contributed by atoms with Gasteiger partial charge in [-0.2, -0.15) is 0 Å². The molecule has 0 saturated carbocycles. The minimum Gasteiger partial charge on any atom is -1.00 e. The molecular weight excluding hydrogens is 358 g/mol. The number of anilines is 1. The summed E-state index contributed by atoms with van der Waals surface area (Å²) >= 11 is 0. The monoisotopic (exact) mass is 372 g/mol. The van der Waals surface area contributed by atoms with Crippen LogP contribution in [0.5, 0.6) is 0 Å². The molecule has 0 amide bonds. The number of Topliss-reactive ketones (excluding diaryl/α,β-unsaturated/α-hetero) is 1. The Labute approximate surface area is 134 Å². The molecule has 1 aromatic rings. The van der Waals surface area contributed by atoms with E-state index in [2.05, 4.69) is 9.71 Å². The summed E-state index contributed by atoms with van der Waals surface area (Å²) in [6, 6.07) is 6.32. The van der Waals surface area contributed by atoms with Crippen LogP contribution >= 0.6 is 0 Å². The molecule has 8 heteroatoms. The second-order valence-electron chi connectivity index (χ2n) is 4.51. The largest absolute Gasteiger partial charge is 1.00 e. The lowest BCUT2D eigenvalue weighted by molar-refractivity contribution is -0.0000147. The lowest BCUT2D eigenvalue weighted by atomic mass is 10.1. The molecule has 2 rings (SSSR count). The van der Waals surface area contributed by atoms with Gasteiger partial charge in [-0.25, -0.2) is 13.3 Å². The van der Waals surface area contributed by atoms with Gasteiger partial charge in [-0.15, -0.1) is 0 Å². The molecule has 0 unspecified atom stereocenters. The molecule has 1 heterocycles. The van der Waals surface area contributed by atoms with E-state index < -0.39 is 10.0 Å². The fraction of sp³-hybridized carbons (Fsp3) is 0.231. The molecule has 6 nitrogen and oxygen atoms in total. The Hall–Kier alpha value is -1.67. The van der Waals surface area contributed by atoms with E-state index in [4.69, 9.17) is 0 Å². The number of nitrogens with zero attached hydrogens (tertiary/aromatic N) is 2. The summed E-state index contributed by atoms with van der Waals surface area (Å²) in [6.45, 7) is 0. The first-order valence-electron chi connectivity index (χ1n) is 5.92. The molecule has 1 radical (unpaired) electrons. The number of sulfonamides is 1. The lowest BCUT2D eigenvalue weighted by Gasteiger charge is -2.05. The standard InChI is InChI=1S/C13H15N3O3S.BrH/c1-16-8-7-14-13(16)9-12(17)10-3-5-11(6-4-10)15-20(2,18)19;/h3-8,15H,9H2,1-2H3;1H/q+1;/p-1. The summed E-state index contributed by atoms with van der Waals surface area (Å²) in [5.74, 6) is 0.624. The molecule has 1 aliphatic heterocycles. The molecule has 1 aliphatic rings. The van der Waals surface area contributed by atoms with E-state index in [1.54, 1.807) is 41.6 Å². The van der Waals surface area contributed by atoms with E-state index in [9.17, 15) is 13.2 Å². The zero-order valence-corrected chi connectivity index (χ0v) is 14.0. The quantitative estimate of drug-likeness (QED) is 0.594. The van der Waals surface area contributed by atoms with Crippen molar-refractivity contribution in [3.05, 3.63) is 42.2 Å². The first-order chi connectivity index (χ1) is 9.35. The fourth-order valence-corrected chi connectivity index (χ4v) is 2.31. The van der Waals surface area contributed by atoms with Gasteiger partial charge >= 0.3 is 5.84 Å². The smallest absolute Gasteiger partial charge is 0.306 e. The van der Waals surface area contributed by atoms with Crippen molar-refractivity contribution in [3.63, 3.8) is 0 Å². The van der Waals surface area contributed by atoms with Gasteiger partial charge in [-0.05, 0) is 24.3 Å². The van der Waals surface area contributed by atoms with Gasteiger partial charge in [0.1, 0.15) is 12.6 Å². The molecule has 0 aliphatic carbocycles.